The van der Waals surface area contributed by atoms with Crippen LogP contribution in [0.1, 0.15) is 34.3 Å². The molecule has 0 atom stereocenters. The van der Waals surface area contributed by atoms with Crippen molar-refractivity contribution in [2.45, 2.75) is 32.7 Å². The molecule has 0 spiro atoms. The van der Waals surface area contributed by atoms with Gasteiger partial charge in [-0.25, -0.2) is 0 Å². The average Bonchev–Trinajstić information content (AvgIpc) is 3.25. The SMILES string of the molecule is Cc1cccc(C)c1-c1nnc2ccc(C(=O)NC3CC3)cn12. The Morgan fingerprint density at radius 3 is 2.57 bits per heavy atom. The Balaban J connectivity index is 1.83. The molecule has 4 rings (SSSR count). The fraction of sp³-hybridized carbons (Fsp3) is 0.278. The lowest BCUT2D eigenvalue weighted by Crippen LogP contribution is -2.25. The highest BCUT2D eigenvalue weighted by Crippen LogP contribution is 2.26. The lowest BCUT2D eigenvalue weighted by Gasteiger charge is -2.09. The molecule has 2 aromatic heterocycles. The number of fused-ring (bicyclic) bond motifs is 1. The number of hydrogen-bond donors (Lipinski definition) is 1. The largest absolute Gasteiger partial charge is 0.349 e. The Bertz CT molecular complexity index is 888. The first-order valence-electron chi connectivity index (χ1n) is 7.86. The third-order valence-electron chi connectivity index (χ3n) is 4.28. The molecule has 0 unspecified atom stereocenters. The number of carbonyl (C=O) groups is 1. The highest BCUT2D eigenvalue weighted by atomic mass is 16.1. The van der Waals surface area contributed by atoms with Gasteiger partial charge in [0.1, 0.15) is 0 Å². The molecule has 1 aliphatic carbocycles. The Labute approximate surface area is 134 Å². The summed E-state index contributed by atoms with van der Waals surface area (Å²) in [5.41, 5.74) is 4.74. The summed E-state index contributed by atoms with van der Waals surface area (Å²) in [6.45, 7) is 4.13. The van der Waals surface area contributed by atoms with Gasteiger partial charge >= 0.3 is 0 Å². The predicted molar refractivity (Wildman–Crippen MR) is 88.4 cm³/mol. The molecule has 0 bridgehead atoms. The van der Waals surface area contributed by atoms with Crippen molar-refractivity contribution in [1.82, 2.24) is 19.9 Å². The number of nitrogens with one attached hydrogen (secondary N) is 1. The Morgan fingerprint density at radius 2 is 1.87 bits per heavy atom. The van der Waals surface area contributed by atoms with Crippen molar-refractivity contribution in [1.29, 1.82) is 0 Å². The summed E-state index contributed by atoms with van der Waals surface area (Å²) in [4.78, 5) is 12.3. The zero-order valence-corrected chi connectivity index (χ0v) is 13.2. The number of hydrogen-bond acceptors (Lipinski definition) is 3. The van der Waals surface area contributed by atoms with Crippen LogP contribution in [0.25, 0.3) is 17.0 Å². The van der Waals surface area contributed by atoms with Crippen molar-refractivity contribution in [3.05, 3.63) is 53.2 Å². The number of aromatic nitrogens is 3. The maximum atomic E-state index is 12.3. The molecule has 5 heteroatoms. The predicted octanol–water partition coefficient (Wildman–Crippen LogP) is 2.91. The second-order valence-electron chi connectivity index (χ2n) is 6.18. The van der Waals surface area contributed by atoms with Gasteiger partial charge in [0.25, 0.3) is 5.91 Å². The Hall–Kier alpha value is -2.69. The van der Waals surface area contributed by atoms with Gasteiger partial charge in [-0.1, -0.05) is 18.2 Å². The van der Waals surface area contributed by atoms with E-state index >= 15 is 0 Å². The molecule has 116 valence electrons. The van der Waals surface area contributed by atoms with Crippen molar-refractivity contribution in [3.63, 3.8) is 0 Å². The van der Waals surface area contributed by atoms with Crippen molar-refractivity contribution >= 4 is 11.6 Å². The minimum atomic E-state index is -0.0319. The molecule has 1 saturated carbocycles. The molecule has 5 nitrogen and oxygen atoms in total. The maximum absolute atomic E-state index is 12.3. The van der Waals surface area contributed by atoms with E-state index in [0.29, 0.717) is 11.6 Å². The highest BCUT2D eigenvalue weighted by Gasteiger charge is 2.24. The summed E-state index contributed by atoms with van der Waals surface area (Å²) in [6.07, 6.45) is 3.98. The van der Waals surface area contributed by atoms with Crippen LogP contribution >= 0.6 is 0 Å². The maximum Gasteiger partial charge on any atom is 0.252 e. The van der Waals surface area contributed by atoms with Gasteiger partial charge in [0.2, 0.25) is 0 Å². The number of pyridine rings is 1. The van der Waals surface area contributed by atoms with E-state index in [0.717, 1.165) is 41.0 Å². The molecular weight excluding hydrogens is 288 g/mol. The van der Waals surface area contributed by atoms with Crippen molar-refractivity contribution < 1.29 is 4.79 Å². The van der Waals surface area contributed by atoms with Gasteiger partial charge in [0.05, 0.1) is 5.56 Å². The van der Waals surface area contributed by atoms with Crippen molar-refractivity contribution in [2.75, 3.05) is 0 Å². The second kappa shape index (κ2) is 5.19. The smallest absolute Gasteiger partial charge is 0.252 e. The van der Waals surface area contributed by atoms with E-state index in [2.05, 4.69) is 41.5 Å². The van der Waals surface area contributed by atoms with Gasteiger partial charge in [-0.05, 0) is 49.9 Å². The molecule has 0 aliphatic heterocycles. The van der Waals surface area contributed by atoms with Crippen LogP contribution in [0.2, 0.25) is 0 Å². The molecule has 2 heterocycles. The van der Waals surface area contributed by atoms with Gasteiger partial charge in [-0.15, -0.1) is 10.2 Å². The van der Waals surface area contributed by atoms with Crippen LogP contribution in [0.15, 0.2) is 36.5 Å². The monoisotopic (exact) mass is 306 g/mol. The molecule has 3 aromatic rings. The minimum absolute atomic E-state index is 0.0319. The Kier molecular flexibility index (Phi) is 3.15. The standard InChI is InChI=1S/C18H18N4O/c1-11-4-3-5-12(2)16(11)17-21-20-15-9-6-13(10-22(15)17)18(23)19-14-7-8-14/h3-6,9-10,14H,7-8H2,1-2H3,(H,19,23). The Morgan fingerprint density at radius 1 is 1.13 bits per heavy atom. The summed E-state index contributed by atoms with van der Waals surface area (Å²) in [6, 6.07) is 10.1. The van der Waals surface area contributed by atoms with Gasteiger partial charge in [0.15, 0.2) is 11.5 Å². The zero-order chi connectivity index (χ0) is 16.0. The fourth-order valence-corrected chi connectivity index (χ4v) is 2.86. The molecule has 23 heavy (non-hydrogen) atoms. The van der Waals surface area contributed by atoms with E-state index in [1.807, 2.05) is 22.7 Å². The van der Waals surface area contributed by atoms with E-state index in [-0.39, 0.29) is 5.91 Å². The summed E-state index contributed by atoms with van der Waals surface area (Å²) in [5, 5.41) is 11.6. The van der Waals surface area contributed by atoms with E-state index in [9.17, 15) is 4.79 Å². The number of amides is 1. The van der Waals surface area contributed by atoms with E-state index < -0.39 is 0 Å². The molecule has 0 radical (unpaired) electrons. The fourth-order valence-electron chi connectivity index (χ4n) is 2.86. The minimum Gasteiger partial charge on any atom is -0.349 e. The third-order valence-corrected chi connectivity index (χ3v) is 4.28. The van der Waals surface area contributed by atoms with Crippen LogP contribution < -0.4 is 5.32 Å². The third kappa shape index (κ3) is 2.48. The van der Waals surface area contributed by atoms with Gasteiger partial charge in [-0.3, -0.25) is 9.20 Å². The molecule has 1 N–H and O–H groups in total. The second-order valence-corrected chi connectivity index (χ2v) is 6.18. The first-order chi connectivity index (χ1) is 11.1. The number of carbonyl (C=O) groups excluding carboxylic acids is 1. The van der Waals surface area contributed by atoms with Gasteiger partial charge in [-0.2, -0.15) is 0 Å². The number of benzene rings is 1. The lowest BCUT2D eigenvalue weighted by molar-refractivity contribution is 0.0950. The van der Waals surface area contributed by atoms with E-state index in [1.165, 1.54) is 0 Å². The normalized spacial score (nSPS) is 14.2. The highest BCUT2D eigenvalue weighted by molar-refractivity contribution is 5.94. The molecule has 1 aromatic carbocycles. The first kappa shape index (κ1) is 13.9. The first-order valence-corrected chi connectivity index (χ1v) is 7.86. The van der Waals surface area contributed by atoms with Crippen LogP contribution in [-0.2, 0) is 0 Å². The molecule has 1 fully saturated rings. The molecular formula is C18H18N4O. The quantitative estimate of drug-likeness (QED) is 0.809. The molecule has 1 amide bonds. The molecule has 0 saturated heterocycles. The summed E-state index contributed by atoms with van der Waals surface area (Å²) in [5.74, 6) is 0.743. The summed E-state index contributed by atoms with van der Waals surface area (Å²) >= 11 is 0. The van der Waals surface area contributed by atoms with E-state index in [4.69, 9.17) is 0 Å². The number of nitrogens with zero attached hydrogens (tertiary/aromatic N) is 3. The average molecular weight is 306 g/mol. The van der Waals surface area contributed by atoms with Crippen LogP contribution in [0, 0.1) is 13.8 Å². The zero-order valence-electron chi connectivity index (χ0n) is 13.2. The van der Waals surface area contributed by atoms with Crippen molar-refractivity contribution in [2.24, 2.45) is 0 Å². The van der Waals surface area contributed by atoms with Crippen LogP contribution in [-0.4, -0.2) is 26.5 Å². The van der Waals surface area contributed by atoms with Gasteiger partial charge in [0, 0.05) is 17.8 Å². The van der Waals surface area contributed by atoms with Crippen LogP contribution in [0.3, 0.4) is 0 Å². The van der Waals surface area contributed by atoms with Crippen LogP contribution in [0.4, 0.5) is 0 Å². The number of aryl methyl sites for hydroxylation is 2. The van der Waals surface area contributed by atoms with Crippen LogP contribution in [0.5, 0.6) is 0 Å². The van der Waals surface area contributed by atoms with E-state index in [1.54, 1.807) is 6.07 Å². The number of rotatable bonds is 3. The lowest BCUT2D eigenvalue weighted by atomic mass is 10.0. The summed E-state index contributed by atoms with van der Waals surface area (Å²) < 4.78 is 1.90. The topological polar surface area (TPSA) is 59.3 Å². The summed E-state index contributed by atoms with van der Waals surface area (Å²) in [7, 11) is 0. The van der Waals surface area contributed by atoms with Crippen molar-refractivity contribution in [3.8, 4) is 11.4 Å². The van der Waals surface area contributed by atoms with Gasteiger partial charge < -0.3 is 5.32 Å². The molecule has 1 aliphatic rings.